The Morgan fingerprint density at radius 1 is 1.17 bits per heavy atom. The van der Waals surface area contributed by atoms with Crippen LogP contribution in [0.3, 0.4) is 0 Å². The van der Waals surface area contributed by atoms with E-state index in [4.69, 9.17) is 11.6 Å². The fourth-order valence-corrected chi connectivity index (χ4v) is 3.08. The molecule has 0 bridgehead atoms. The standard InChI is InChI=1S/C20H21ClN6O2/c1-3-15(13-23-19(28)17-6-4-5-9-22-17)26(2)20(29)16-12-14(21)7-8-18(16)27-24-10-11-25-27/h4-12,15H,3,13H2,1-2H3,(H,23,28). The monoisotopic (exact) mass is 412 g/mol. The van der Waals surface area contributed by atoms with Crippen LogP contribution >= 0.6 is 11.6 Å². The Kier molecular flexibility index (Phi) is 6.56. The lowest BCUT2D eigenvalue weighted by molar-refractivity contribution is 0.0714. The molecule has 150 valence electrons. The largest absolute Gasteiger partial charge is 0.349 e. The molecule has 0 aliphatic carbocycles. The number of pyridine rings is 1. The van der Waals surface area contributed by atoms with Crippen LogP contribution in [0.15, 0.2) is 55.0 Å². The van der Waals surface area contributed by atoms with Crippen molar-refractivity contribution in [2.24, 2.45) is 0 Å². The highest BCUT2D eigenvalue weighted by Crippen LogP contribution is 2.21. The number of carbonyl (C=O) groups excluding carboxylic acids is 2. The third kappa shape index (κ3) is 4.78. The van der Waals surface area contributed by atoms with Gasteiger partial charge < -0.3 is 10.2 Å². The van der Waals surface area contributed by atoms with Gasteiger partial charge in [0.05, 0.1) is 23.6 Å². The molecule has 1 N–H and O–H groups in total. The van der Waals surface area contributed by atoms with E-state index in [1.807, 2.05) is 6.92 Å². The molecule has 2 heterocycles. The zero-order chi connectivity index (χ0) is 20.8. The highest BCUT2D eigenvalue weighted by molar-refractivity contribution is 6.31. The van der Waals surface area contributed by atoms with Crippen molar-refractivity contribution in [3.05, 3.63) is 71.3 Å². The lowest BCUT2D eigenvalue weighted by atomic mass is 10.1. The molecule has 8 nitrogen and oxygen atoms in total. The fourth-order valence-electron chi connectivity index (χ4n) is 2.90. The van der Waals surface area contributed by atoms with Crippen molar-refractivity contribution in [1.29, 1.82) is 0 Å². The summed E-state index contributed by atoms with van der Waals surface area (Å²) in [5.74, 6) is -0.521. The minimum absolute atomic E-state index is 0.215. The molecule has 2 aromatic heterocycles. The molecular formula is C20H21ClN6O2. The molecule has 0 fully saturated rings. The fraction of sp³-hybridized carbons (Fsp3) is 0.250. The molecule has 29 heavy (non-hydrogen) atoms. The smallest absolute Gasteiger partial charge is 0.269 e. The predicted octanol–water partition coefficient (Wildman–Crippen LogP) is 2.60. The molecular weight excluding hydrogens is 392 g/mol. The second-order valence-corrected chi connectivity index (χ2v) is 6.82. The number of halogens is 1. The molecule has 3 aromatic rings. The quantitative estimate of drug-likeness (QED) is 0.643. The number of hydrogen-bond donors (Lipinski definition) is 1. The Morgan fingerprint density at radius 2 is 1.93 bits per heavy atom. The van der Waals surface area contributed by atoms with E-state index in [2.05, 4.69) is 20.5 Å². The predicted molar refractivity (Wildman–Crippen MR) is 109 cm³/mol. The van der Waals surface area contributed by atoms with Gasteiger partial charge in [0.25, 0.3) is 11.8 Å². The summed E-state index contributed by atoms with van der Waals surface area (Å²) in [6.45, 7) is 2.25. The second-order valence-electron chi connectivity index (χ2n) is 6.38. The number of likely N-dealkylation sites (N-methyl/N-ethyl adjacent to an activating group) is 1. The van der Waals surface area contributed by atoms with Crippen molar-refractivity contribution in [1.82, 2.24) is 30.2 Å². The molecule has 1 unspecified atom stereocenters. The number of carbonyl (C=O) groups is 2. The van der Waals surface area contributed by atoms with Gasteiger partial charge in [0.2, 0.25) is 0 Å². The first kappa shape index (κ1) is 20.5. The van der Waals surface area contributed by atoms with Gasteiger partial charge >= 0.3 is 0 Å². The first-order valence-electron chi connectivity index (χ1n) is 9.14. The van der Waals surface area contributed by atoms with Crippen LogP contribution in [0.1, 0.15) is 34.2 Å². The van der Waals surface area contributed by atoms with Crippen LogP contribution in [0.25, 0.3) is 5.69 Å². The van der Waals surface area contributed by atoms with Crippen molar-refractivity contribution in [3.8, 4) is 5.69 Å². The second kappa shape index (κ2) is 9.29. The third-order valence-corrected chi connectivity index (χ3v) is 4.79. The van der Waals surface area contributed by atoms with Crippen molar-refractivity contribution in [3.63, 3.8) is 0 Å². The van der Waals surface area contributed by atoms with Gasteiger partial charge in [0.1, 0.15) is 5.69 Å². The van der Waals surface area contributed by atoms with E-state index in [0.29, 0.717) is 34.9 Å². The molecule has 0 spiro atoms. The zero-order valence-electron chi connectivity index (χ0n) is 16.1. The van der Waals surface area contributed by atoms with Crippen molar-refractivity contribution in [2.75, 3.05) is 13.6 Å². The van der Waals surface area contributed by atoms with Crippen molar-refractivity contribution < 1.29 is 9.59 Å². The van der Waals surface area contributed by atoms with Gasteiger partial charge in [-0.2, -0.15) is 15.0 Å². The maximum atomic E-state index is 13.2. The SMILES string of the molecule is CCC(CNC(=O)c1ccccn1)N(C)C(=O)c1cc(Cl)ccc1-n1nccn1. The molecule has 0 saturated heterocycles. The van der Waals surface area contributed by atoms with Gasteiger partial charge in [-0.1, -0.05) is 24.6 Å². The summed E-state index contributed by atoms with van der Waals surface area (Å²) in [5, 5.41) is 11.5. The first-order chi connectivity index (χ1) is 14.0. The number of benzene rings is 1. The molecule has 3 rings (SSSR count). The van der Waals surface area contributed by atoms with Crippen molar-refractivity contribution in [2.45, 2.75) is 19.4 Å². The highest BCUT2D eigenvalue weighted by atomic mass is 35.5. The third-order valence-electron chi connectivity index (χ3n) is 4.56. The Bertz CT molecular complexity index is 978. The average Bonchev–Trinajstić information content (AvgIpc) is 3.28. The van der Waals surface area contributed by atoms with E-state index in [1.54, 1.807) is 54.5 Å². The Labute approximate surface area is 173 Å². The molecule has 0 aliphatic rings. The average molecular weight is 413 g/mol. The molecule has 1 atom stereocenters. The molecule has 2 amide bonds. The molecule has 9 heteroatoms. The summed E-state index contributed by atoms with van der Waals surface area (Å²) in [7, 11) is 1.70. The van der Waals surface area contributed by atoms with Crippen molar-refractivity contribution >= 4 is 23.4 Å². The van der Waals surface area contributed by atoms with E-state index in [0.717, 1.165) is 0 Å². The molecule has 1 aromatic carbocycles. The van der Waals surface area contributed by atoms with Gasteiger partial charge in [0, 0.05) is 30.9 Å². The lowest BCUT2D eigenvalue weighted by Gasteiger charge is -2.28. The number of hydrogen-bond acceptors (Lipinski definition) is 5. The summed E-state index contributed by atoms with van der Waals surface area (Å²) in [6.07, 6.45) is 5.29. The van der Waals surface area contributed by atoms with E-state index in [9.17, 15) is 9.59 Å². The van der Waals surface area contributed by atoms with E-state index in [-0.39, 0.29) is 17.9 Å². The minimum Gasteiger partial charge on any atom is -0.349 e. The Morgan fingerprint density at radius 3 is 2.59 bits per heavy atom. The maximum Gasteiger partial charge on any atom is 0.269 e. The highest BCUT2D eigenvalue weighted by Gasteiger charge is 2.24. The number of amides is 2. The summed E-state index contributed by atoms with van der Waals surface area (Å²) in [5.41, 5.74) is 1.24. The molecule has 0 saturated carbocycles. The summed E-state index contributed by atoms with van der Waals surface area (Å²) in [6, 6.07) is 9.90. The van der Waals surface area contributed by atoms with Crippen LogP contribution in [-0.2, 0) is 0 Å². The molecule has 0 radical (unpaired) electrons. The van der Waals surface area contributed by atoms with E-state index in [1.165, 1.54) is 17.2 Å². The molecule has 0 aliphatic heterocycles. The van der Waals surface area contributed by atoms with Gasteiger partial charge in [-0.05, 0) is 36.8 Å². The topological polar surface area (TPSA) is 93.0 Å². The van der Waals surface area contributed by atoms with Crippen LogP contribution in [0.5, 0.6) is 0 Å². The number of rotatable bonds is 7. The van der Waals surface area contributed by atoms with Gasteiger partial charge in [-0.15, -0.1) is 0 Å². The normalized spacial score (nSPS) is 11.7. The van der Waals surface area contributed by atoms with Gasteiger partial charge in [-0.25, -0.2) is 0 Å². The summed E-state index contributed by atoms with van der Waals surface area (Å²) in [4.78, 5) is 32.5. The zero-order valence-corrected chi connectivity index (χ0v) is 16.9. The van der Waals surface area contributed by atoms with Crippen LogP contribution in [0.4, 0.5) is 0 Å². The minimum atomic E-state index is -0.283. The summed E-state index contributed by atoms with van der Waals surface area (Å²) < 4.78 is 0. The van der Waals surface area contributed by atoms with E-state index < -0.39 is 0 Å². The van der Waals surface area contributed by atoms with Gasteiger partial charge in [-0.3, -0.25) is 14.6 Å². The first-order valence-corrected chi connectivity index (χ1v) is 9.51. The summed E-state index contributed by atoms with van der Waals surface area (Å²) >= 11 is 6.13. The lowest BCUT2D eigenvalue weighted by Crippen LogP contribution is -2.44. The number of nitrogens with zero attached hydrogens (tertiary/aromatic N) is 5. The number of aromatic nitrogens is 4. The Balaban J connectivity index is 1.76. The number of nitrogens with one attached hydrogen (secondary N) is 1. The Hall–Kier alpha value is -3.26. The van der Waals surface area contributed by atoms with E-state index >= 15 is 0 Å². The maximum absolute atomic E-state index is 13.2. The van der Waals surface area contributed by atoms with Crippen LogP contribution < -0.4 is 5.32 Å². The van der Waals surface area contributed by atoms with Crippen LogP contribution in [0, 0.1) is 0 Å². The van der Waals surface area contributed by atoms with Crippen LogP contribution in [-0.4, -0.2) is 56.3 Å². The van der Waals surface area contributed by atoms with Crippen LogP contribution in [0.2, 0.25) is 5.02 Å². The van der Waals surface area contributed by atoms with Gasteiger partial charge in [0.15, 0.2) is 0 Å².